The summed E-state index contributed by atoms with van der Waals surface area (Å²) in [6, 6.07) is 57.4. The van der Waals surface area contributed by atoms with Crippen LogP contribution in [0.25, 0.3) is 131 Å². The molecule has 0 fully saturated rings. The summed E-state index contributed by atoms with van der Waals surface area (Å²) in [6.45, 7) is 0. The van der Waals surface area contributed by atoms with Crippen molar-refractivity contribution in [3.05, 3.63) is 182 Å². The van der Waals surface area contributed by atoms with Crippen LogP contribution in [0.15, 0.2) is 186 Å². The van der Waals surface area contributed by atoms with Gasteiger partial charge in [-0.2, -0.15) is 0 Å². The third kappa shape index (κ3) is 4.02. The number of fused-ring (bicyclic) bond motifs is 5. The molecule has 0 bridgehead atoms. The van der Waals surface area contributed by atoms with Gasteiger partial charge in [-0.1, -0.05) is 152 Å². The molecule has 252 valence electrons. The van der Waals surface area contributed by atoms with E-state index in [4.69, 9.17) is 4.42 Å². The molecule has 0 N–H and O–H groups in total. The fourth-order valence-corrected chi connectivity index (χ4v) is 9.54. The highest BCUT2D eigenvalue weighted by molar-refractivity contribution is 6.27. The first-order chi connectivity index (χ1) is 28.5. The minimum atomic E-state index is 0.161. The Bertz CT molecular complexity index is 3690. The molecule has 13 aromatic rings. The van der Waals surface area contributed by atoms with Crippen molar-refractivity contribution in [1.82, 2.24) is 0 Å². The first-order valence-electron chi connectivity index (χ1n) is 20.3. The van der Waals surface area contributed by atoms with Crippen molar-refractivity contribution < 1.29 is 8.53 Å². The molecule has 0 spiro atoms. The van der Waals surface area contributed by atoms with Crippen LogP contribution >= 0.6 is 0 Å². The van der Waals surface area contributed by atoms with Crippen LogP contribution in [0.4, 0.5) is 0 Å². The predicted molar refractivity (Wildman–Crippen MR) is 235 cm³/mol. The van der Waals surface area contributed by atoms with Gasteiger partial charge in [-0.05, 0) is 134 Å². The molecule has 12 aromatic carbocycles. The van der Waals surface area contributed by atoms with E-state index in [0.717, 1.165) is 97.7 Å². The van der Waals surface area contributed by atoms with E-state index in [0.29, 0.717) is 22.3 Å². The lowest BCUT2D eigenvalue weighted by atomic mass is 9.85. The molecule has 0 saturated heterocycles. The monoisotopic (exact) mass is 697 g/mol. The van der Waals surface area contributed by atoms with Gasteiger partial charge in [0.1, 0.15) is 11.2 Å². The molecular weight excluding hydrogens is 665 g/mol. The molecule has 0 radical (unpaired) electrons. The molecule has 1 heteroatoms. The third-order valence-electron chi connectivity index (χ3n) is 12.0. The summed E-state index contributed by atoms with van der Waals surface area (Å²) >= 11 is 0. The molecule has 0 unspecified atom stereocenters. The van der Waals surface area contributed by atoms with Crippen LogP contribution in [0.5, 0.6) is 0 Å². The number of rotatable bonds is 3. The molecule has 0 saturated carbocycles. The summed E-state index contributed by atoms with van der Waals surface area (Å²) in [5.41, 5.74) is 5.38. The van der Waals surface area contributed by atoms with E-state index >= 15 is 0 Å². The highest BCUT2D eigenvalue weighted by Gasteiger charge is 2.19. The van der Waals surface area contributed by atoms with Crippen LogP contribution in [0.3, 0.4) is 0 Å². The molecule has 55 heavy (non-hydrogen) atoms. The minimum Gasteiger partial charge on any atom is -0.455 e. The Balaban J connectivity index is 1.20. The molecule has 0 atom stereocenters. The van der Waals surface area contributed by atoms with E-state index in [1.54, 1.807) is 0 Å². The summed E-state index contributed by atoms with van der Waals surface area (Å²) in [6.07, 6.45) is 0. The summed E-state index contributed by atoms with van der Waals surface area (Å²) in [5, 5.41) is 17.4. The highest BCUT2D eigenvalue weighted by Crippen LogP contribution is 2.46. The largest absolute Gasteiger partial charge is 0.455 e. The molecule has 0 aliphatic heterocycles. The summed E-state index contributed by atoms with van der Waals surface area (Å²) < 4.78 is 37.3. The maximum atomic E-state index is 10.2. The Labute approximate surface area is 320 Å². The molecular formula is C54H30O. The van der Waals surface area contributed by atoms with Crippen molar-refractivity contribution in [3.8, 4) is 33.4 Å². The first kappa shape index (κ1) is 26.5. The van der Waals surface area contributed by atoms with E-state index in [1.165, 1.54) is 10.8 Å². The van der Waals surface area contributed by atoms with E-state index < -0.39 is 0 Å². The highest BCUT2D eigenvalue weighted by atomic mass is 16.3. The van der Waals surface area contributed by atoms with Gasteiger partial charge >= 0.3 is 0 Å². The summed E-state index contributed by atoms with van der Waals surface area (Å²) in [4.78, 5) is 0. The second-order valence-corrected chi connectivity index (χ2v) is 14.9. The maximum Gasteiger partial charge on any atom is 0.143 e. The van der Waals surface area contributed by atoms with E-state index in [-0.39, 0.29) is 18.1 Å². The van der Waals surface area contributed by atoms with E-state index in [9.17, 15) is 4.11 Å². The van der Waals surface area contributed by atoms with Crippen LogP contribution in [0.1, 0.15) is 4.11 Å². The Morgan fingerprint density at radius 1 is 0.291 bits per heavy atom. The standard InChI is InChI=1S/C54H30O/c1-2-11-44-31(6-1)18-27-47-53-43(12-5-13-48(53)55-54(44)47)40-29-38(41-23-19-36-16-14-32-7-3-9-34-21-25-45(41)51(36)49(32)34)28-39(30-40)42-24-20-37-17-15-33-8-4-10-35-22-26-46(42)52(37)50(33)35/h1-30H/i28D,29D,30D. The van der Waals surface area contributed by atoms with Gasteiger partial charge in [-0.15, -0.1) is 0 Å². The van der Waals surface area contributed by atoms with Crippen molar-refractivity contribution in [1.29, 1.82) is 0 Å². The average molecular weight is 698 g/mol. The molecule has 0 amide bonds. The van der Waals surface area contributed by atoms with E-state index in [2.05, 4.69) is 133 Å². The fourth-order valence-electron chi connectivity index (χ4n) is 9.54. The van der Waals surface area contributed by atoms with Crippen LogP contribution in [-0.4, -0.2) is 0 Å². The lowest BCUT2D eigenvalue weighted by Gasteiger charge is -2.18. The number of benzene rings is 12. The molecule has 0 aliphatic rings. The van der Waals surface area contributed by atoms with Crippen LogP contribution in [0.2, 0.25) is 0 Å². The Kier molecular flexibility index (Phi) is 5.15. The topological polar surface area (TPSA) is 13.1 Å². The normalized spacial score (nSPS) is 13.1. The zero-order valence-electron chi connectivity index (χ0n) is 32.5. The molecule has 1 nitrogen and oxygen atoms in total. The summed E-state index contributed by atoms with van der Waals surface area (Å²) in [5.74, 6) is 0. The fraction of sp³-hybridized carbons (Fsp3) is 0. The Morgan fingerprint density at radius 3 is 1.33 bits per heavy atom. The van der Waals surface area contributed by atoms with Crippen molar-refractivity contribution >= 4 is 97.3 Å². The van der Waals surface area contributed by atoms with Gasteiger partial charge in [0.25, 0.3) is 0 Å². The van der Waals surface area contributed by atoms with Gasteiger partial charge in [0.2, 0.25) is 0 Å². The second-order valence-electron chi connectivity index (χ2n) is 14.9. The van der Waals surface area contributed by atoms with Crippen molar-refractivity contribution in [2.45, 2.75) is 0 Å². The average Bonchev–Trinajstić information content (AvgIpc) is 3.66. The summed E-state index contributed by atoms with van der Waals surface area (Å²) in [7, 11) is 0. The SMILES string of the molecule is [2H]c1c(-c2ccc3ccc4cccc5ccc2c3c45)c([2H])c(-c2cccc3oc4c5ccccc5ccc4c23)c([2H])c1-c1ccc2ccc3cccc4ccc1c2c34. The maximum absolute atomic E-state index is 10.2. The van der Waals surface area contributed by atoms with Crippen LogP contribution < -0.4 is 0 Å². The number of furan rings is 1. The zero-order valence-corrected chi connectivity index (χ0v) is 29.5. The number of hydrogen-bond donors (Lipinski definition) is 0. The van der Waals surface area contributed by atoms with Gasteiger partial charge in [-0.25, -0.2) is 0 Å². The molecule has 1 heterocycles. The van der Waals surface area contributed by atoms with Crippen LogP contribution in [0, 0.1) is 0 Å². The van der Waals surface area contributed by atoms with Gasteiger partial charge < -0.3 is 4.42 Å². The quantitative estimate of drug-likeness (QED) is 0.168. The number of hydrogen-bond acceptors (Lipinski definition) is 1. The minimum absolute atomic E-state index is 0.161. The molecule has 1 aromatic heterocycles. The first-order valence-corrected chi connectivity index (χ1v) is 18.8. The molecule has 13 rings (SSSR count). The lowest BCUT2D eigenvalue weighted by molar-refractivity contribution is 0.673. The lowest BCUT2D eigenvalue weighted by Crippen LogP contribution is -1.91. The molecule has 0 aliphatic carbocycles. The Hall–Kier alpha value is -7.22. The predicted octanol–water partition coefficient (Wildman–Crippen LogP) is 15.5. The smallest absolute Gasteiger partial charge is 0.143 e. The second kappa shape index (κ2) is 10.7. The van der Waals surface area contributed by atoms with Gasteiger partial charge in [0.05, 0.1) is 4.11 Å². The van der Waals surface area contributed by atoms with Gasteiger partial charge in [-0.3, -0.25) is 0 Å². The Morgan fingerprint density at radius 2 is 0.727 bits per heavy atom. The van der Waals surface area contributed by atoms with E-state index in [1.807, 2.05) is 30.3 Å². The van der Waals surface area contributed by atoms with Crippen molar-refractivity contribution in [3.63, 3.8) is 0 Å². The zero-order chi connectivity index (χ0) is 38.4. The van der Waals surface area contributed by atoms with Gasteiger partial charge in [0, 0.05) is 16.2 Å². The van der Waals surface area contributed by atoms with Crippen molar-refractivity contribution in [2.24, 2.45) is 0 Å². The van der Waals surface area contributed by atoms with Gasteiger partial charge in [0.15, 0.2) is 0 Å². The third-order valence-corrected chi connectivity index (χ3v) is 12.0. The van der Waals surface area contributed by atoms with Crippen molar-refractivity contribution in [2.75, 3.05) is 0 Å². The van der Waals surface area contributed by atoms with Crippen LogP contribution in [-0.2, 0) is 0 Å².